The van der Waals surface area contributed by atoms with Crippen molar-refractivity contribution >= 4 is 28.5 Å². The number of hydrogen-bond donors (Lipinski definition) is 3. The molecule has 1 atom stereocenters. The minimum atomic E-state index is -0.825. The van der Waals surface area contributed by atoms with Gasteiger partial charge >= 0.3 is 6.03 Å². The minimum Gasteiger partial charge on any atom is -0.493 e. The number of carbonyl (C=O) groups is 2. The first kappa shape index (κ1) is 24.1. The molecule has 2 aromatic rings. The van der Waals surface area contributed by atoms with E-state index >= 15 is 0 Å². The first-order valence-electron chi connectivity index (χ1n) is 11.2. The maximum Gasteiger partial charge on any atom is 0.319 e. The smallest absolute Gasteiger partial charge is 0.319 e. The van der Waals surface area contributed by atoms with Gasteiger partial charge in [0.2, 0.25) is 5.88 Å². The number of nitrogens with zero attached hydrogens (tertiary/aromatic N) is 2. The summed E-state index contributed by atoms with van der Waals surface area (Å²) >= 11 is 0.845. The molecule has 0 aliphatic carbocycles. The number of anilines is 1. The van der Waals surface area contributed by atoms with Crippen molar-refractivity contribution in [3.05, 3.63) is 34.6 Å². The van der Waals surface area contributed by atoms with Crippen LogP contribution in [-0.4, -0.2) is 60.2 Å². The Kier molecular flexibility index (Phi) is 7.78. The highest BCUT2D eigenvalue weighted by Gasteiger charge is 2.23. The monoisotopic (exact) mass is 495 g/mol. The maximum absolute atomic E-state index is 14.3. The topological polar surface area (TPSA) is 119 Å². The van der Waals surface area contributed by atoms with Crippen LogP contribution >= 0.6 is 11.5 Å². The predicted molar refractivity (Wildman–Crippen MR) is 123 cm³/mol. The molecule has 34 heavy (non-hydrogen) atoms. The van der Waals surface area contributed by atoms with Gasteiger partial charge in [-0.15, -0.1) is 0 Å². The highest BCUT2D eigenvalue weighted by Crippen LogP contribution is 2.32. The average molecular weight is 496 g/mol. The fourth-order valence-electron chi connectivity index (χ4n) is 3.97. The molecule has 2 aliphatic rings. The number of likely N-dealkylation sites (tertiary alicyclic amines) is 1. The maximum atomic E-state index is 14.3. The molecule has 1 aromatic heterocycles. The van der Waals surface area contributed by atoms with Crippen LogP contribution in [0.4, 0.5) is 18.6 Å². The van der Waals surface area contributed by atoms with E-state index in [2.05, 4.69) is 19.9 Å². The number of aromatic nitrogens is 1. The van der Waals surface area contributed by atoms with Crippen LogP contribution in [0.2, 0.25) is 0 Å². The minimum absolute atomic E-state index is 0.0761. The van der Waals surface area contributed by atoms with Crippen LogP contribution in [0.25, 0.3) is 0 Å². The zero-order valence-electron chi connectivity index (χ0n) is 18.6. The highest BCUT2D eigenvalue weighted by atomic mass is 32.1. The Morgan fingerprint density at radius 3 is 2.97 bits per heavy atom. The summed E-state index contributed by atoms with van der Waals surface area (Å²) in [5.41, 5.74) is 6.45. The number of hydrogen-bond acceptors (Lipinski definition) is 7. The van der Waals surface area contributed by atoms with Crippen molar-refractivity contribution in [2.45, 2.75) is 38.5 Å². The number of rotatable bonds is 10. The summed E-state index contributed by atoms with van der Waals surface area (Å²) in [4.78, 5) is 26.3. The second-order valence-corrected chi connectivity index (χ2v) is 9.04. The molecular formula is C22H27F2N5O4S. The highest BCUT2D eigenvalue weighted by molar-refractivity contribution is 7.11. The number of amides is 3. The number of alkyl halides is 1. The molecule has 0 unspecified atom stereocenters. The molecule has 4 rings (SSSR count). The van der Waals surface area contributed by atoms with Crippen molar-refractivity contribution < 1.29 is 27.8 Å². The Labute approximate surface area is 199 Å². The number of unbranched alkanes of at least 4 members (excludes halogenated alkanes) is 1. The van der Waals surface area contributed by atoms with Gasteiger partial charge in [-0.05, 0) is 49.5 Å². The van der Waals surface area contributed by atoms with Crippen LogP contribution in [-0.2, 0) is 13.0 Å². The van der Waals surface area contributed by atoms with E-state index in [1.165, 1.54) is 6.07 Å². The lowest BCUT2D eigenvalue weighted by atomic mass is 10.1. The third kappa shape index (κ3) is 5.92. The van der Waals surface area contributed by atoms with Crippen molar-refractivity contribution in [2.75, 3.05) is 38.1 Å². The second-order valence-electron chi connectivity index (χ2n) is 8.27. The number of primary amides is 1. The summed E-state index contributed by atoms with van der Waals surface area (Å²) in [6.07, 6.45) is 2.07. The molecule has 12 heteroatoms. The molecule has 0 bridgehead atoms. The summed E-state index contributed by atoms with van der Waals surface area (Å²) < 4.78 is 42.6. The molecule has 4 N–H and O–H groups in total. The van der Waals surface area contributed by atoms with Crippen LogP contribution < -0.4 is 25.8 Å². The number of benzene rings is 1. The molecule has 1 saturated heterocycles. The van der Waals surface area contributed by atoms with Crippen LogP contribution in [0.3, 0.4) is 0 Å². The zero-order chi connectivity index (χ0) is 24.1. The molecule has 1 aromatic carbocycles. The fraction of sp³-hybridized carbons (Fsp3) is 0.500. The first-order chi connectivity index (χ1) is 16.4. The molecule has 0 spiro atoms. The standard InChI is InChI=1S/C22H27F2N5O4S/c23-15-3-7-29(11-15)6-2-1-5-26-22(31)27-21-18(19(25)30)20(28-34-21)33-12-14-10-17-13(4-8-32-17)9-16(14)24/h9-10,15H,1-8,11-12H2,(H2,25,30)(H2,26,27,31)/t15-/m0/s1. The van der Waals surface area contributed by atoms with E-state index in [0.29, 0.717) is 38.3 Å². The lowest BCUT2D eigenvalue weighted by Gasteiger charge is -2.14. The summed E-state index contributed by atoms with van der Waals surface area (Å²) in [7, 11) is 0. The van der Waals surface area contributed by atoms with Gasteiger partial charge in [0.15, 0.2) is 0 Å². The Balaban J connectivity index is 1.27. The number of nitrogens with one attached hydrogen (secondary N) is 2. The Morgan fingerprint density at radius 2 is 2.21 bits per heavy atom. The zero-order valence-corrected chi connectivity index (χ0v) is 19.4. The second kappa shape index (κ2) is 11.0. The van der Waals surface area contributed by atoms with E-state index in [4.69, 9.17) is 15.2 Å². The van der Waals surface area contributed by atoms with Gasteiger partial charge in [-0.2, -0.15) is 4.37 Å². The molecule has 184 valence electrons. The Hall–Kier alpha value is -2.99. The molecule has 1 fully saturated rings. The molecule has 0 radical (unpaired) electrons. The third-order valence-corrected chi connectivity index (χ3v) is 6.50. The SMILES string of the molecule is NC(=O)c1c(OCc2cc3c(cc2F)CCO3)nsc1NC(=O)NCCCCN1CC[C@H](F)C1. The average Bonchev–Trinajstić information content (AvgIpc) is 3.51. The van der Waals surface area contributed by atoms with Gasteiger partial charge in [-0.3, -0.25) is 10.1 Å². The summed E-state index contributed by atoms with van der Waals surface area (Å²) in [5.74, 6) is -0.731. The van der Waals surface area contributed by atoms with Gasteiger partial charge < -0.3 is 25.4 Å². The predicted octanol–water partition coefficient (Wildman–Crippen LogP) is 2.84. The Morgan fingerprint density at radius 1 is 1.35 bits per heavy atom. The fourth-order valence-corrected chi connectivity index (χ4v) is 4.70. The molecule has 3 amide bonds. The molecule has 0 saturated carbocycles. The molecular weight excluding hydrogens is 468 g/mol. The number of carbonyl (C=O) groups excluding carboxylic acids is 2. The summed E-state index contributed by atoms with van der Waals surface area (Å²) in [5, 5.41) is 5.42. The Bertz CT molecular complexity index is 1050. The normalized spacial score (nSPS) is 17.3. The molecule has 9 nitrogen and oxygen atoms in total. The first-order valence-corrected chi connectivity index (χ1v) is 12.0. The van der Waals surface area contributed by atoms with Gasteiger partial charge in [0.1, 0.15) is 34.9 Å². The van der Waals surface area contributed by atoms with E-state index in [1.807, 2.05) is 0 Å². The lowest BCUT2D eigenvalue weighted by Crippen LogP contribution is -2.30. The number of halogens is 2. The lowest BCUT2D eigenvalue weighted by molar-refractivity contribution is 0.0996. The van der Waals surface area contributed by atoms with Crippen molar-refractivity contribution in [1.82, 2.24) is 14.6 Å². The van der Waals surface area contributed by atoms with Crippen molar-refractivity contribution in [2.24, 2.45) is 5.73 Å². The summed E-state index contributed by atoms with van der Waals surface area (Å²) in [6.45, 7) is 2.79. The van der Waals surface area contributed by atoms with Gasteiger partial charge in [0.25, 0.3) is 5.91 Å². The van der Waals surface area contributed by atoms with Gasteiger partial charge in [0.05, 0.1) is 6.61 Å². The van der Waals surface area contributed by atoms with Crippen LogP contribution in [0.5, 0.6) is 11.6 Å². The van der Waals surface area contributed by atoms with Crippen LogP contribution in [0.15, 0.2) is 12.1 Å². The van der Waals surface area contributed by atoms with E-state index in [9.17, 15) is 18.4 Å². The third-order valence-electron chi connectivity index (χ3n) is 5.76. The van der Waals surface area contributed by atoms with E-state index < -0.39 is 23.9 Å². The number of nitrogens with two attached hydrogens (primary N) is 1. The quantitative estimate of drug-likeness (QED) is 0.436. The van der Waals surface area contributed by atoms with Gasteiger partial charge in [0, 0.05) is 37.2 Å². The number of urea groups is 1. The van der Waals surface area contributed by atoms with E-state index in [-0.39, 0.29) is 28.6 Å². The van der Waals surface area contributed by atoms with Crippen molar-refractivity contribution in [1.29, 1.82) is 0 Å². The molecule has 3 heterocycles. The van der Waals surface area contributed by atoms with Crippen LogP contribution in [0.1, 0.15) is 40.7 Å². The molecule has 2 aliphatic heterocycles. The van der Waals surface area contributed by atoms with Gasteiger partial charge in [-0.25, -0.2) is 13.6 Å². The largest absolute Gasteiger partial charge is 0.493 e. The van der Waals surface area contributed by atoms with E-state index in [1.54, 1.807) is 6.07 Å². The number of ether oxygens (including phenoxy) is 2. The van der Waals surface area contributed by atoms with Crippen molar-refractivity contribution in [3.63, 3.8) is 0 Å². The van der Waals surface area contributed by atoms with E-state index in [0.717, 1.165) is 43.0 Å². The van der Waals surface area contributed by atoms with Crippen molar-refractivity contribution in [3.8, 4) is 11.6 Å². The summed E-state index contributed by atoms with van der Waals surface area (Å²) in [6, 6.07) is 2.47. The number of fused-ring (bicyclic) bond motifs is 1. The van der Waals surface area contributed by atoms with Gasteiger partial charge in [-0.1, -0.05) is 0 Å². The van der Waals surface area contributed by atoms with Crippen LogP contribution in [0, 0.1) is 5.82 Å².